The molecule has 0 spiro atoms. The van der Waals surface area contributed by atoms with Crippen LogP contribution in [0.2, 0.25) is 0 Å². The van der Waals surface area contributed by atoms with Crippen molar-refractivity contribution in [2.45, 2.75) is 44.7 Å². The van der Waals surface area contributed by atoms with E-state index in [4.69, 9.17) is 0 Å². The van der Waals surface area contributed by atoms with E-state index in [1.54, 1.807) is 5.51 Å². The molecule has 1 aromatic carbocycles. The first kappa shape index (κ1) is 16.5. The lowest BCUT2D eigenvalue weighted by atomic mass is 9.95. The monoisotopic (exact) mass is 367 g/mol. The molecule has 2 atom stereocenters. The Bertz CT molecular complexity index is 807. The summed E-state index contributed by atoms with van der Waals surface area (Å²) in [4.78, 5) is 23.1. The van der Waals surface area contributed by atoms with Gasteiger partial charge in [-0.1, -0.05) is 24.3 Å². The predicted octanol–water partition coefficient (Wildman–Crippen LogP) is 3.16. The molecule has 2 aromatic rings. The van der Waals surface area contributed by atoms with Gasteiger partial charge in [-0.05, 0) is 49.7 Å². The van der Waals surface area contributed by atoms with Crippen LogP contribution in [0.15, 0.2) is 29.8 Å². The molecule has 0 N–H and O–H groups in total. The van der Waals surface area contributed by atoms with E-state index in [0.29, 0.717) is 18.0 Å². The van der Waals surface area contributed by atoms with Crippen molar-refractivity contribution in [2.24, 2.45) is 5.92 Å². The number of carbonyl (C=O) groups is 1. The number of thiazole rings is 1. The maximum Gasteiger partial charge on any atom is 0.266 e. The van der Waals surface area contributed by atoms with Crippen LogP contribution in [0.3, 0.4) is 0 Å². The summed E-state index contributed by atoms with van der Waals surface area (Å²) in [6.45, 7) is 5.03. The van der Waals surface area contributed by atoms with Crippen molar-refractivity contribution in [3.05, 3.63) is 51.5 Å². The van der Waals surface area contributed by atoms with Crippen molar-refractivity contribution >= 4 is 17.2 Å². The number of nitrogens with zero attached hydrogens (tertiary/aromatic N) is 3. The van der Waals surface area contributed by atoms with Gasteiger partial charge in [0.05, 0.1) is 11.2 Å². The van der Waals surface area contributed by atoms with E-state index >= 15 is 0 Å². The van der Waals surface area contributed by atoms with Crippen LogP contribution in [0.25, 0.3) is 0 Å². The second-order valence-electron chi connectivity index (χ2n) is 8.11. The third-order valence-electron chi connectivity index (χ3n) is 6.49. The van der Waals surface area contributed by atoms with Crippen molar-refractivity contribution < 1.29 is 4.79 Å². The molecule has 2 bridgehead atoms. The van der Waals surface area contributed by atoms with Gasteiger partial charge in [0.25, 0.3) is 5.91 Å². The molecule has 0 saturated carbocycles. The van der Waals surface area contributed by atoms with Crippen molar-refractivity contribution in [3.8, 4) is 0 Å². The van der Waals surface area contributed by atoms with Crippen LogP contribution < -0.4 is 0 Å². The zero-order valence-corrected chi connectivity index (χ0v) is 16.0. The number of fused-ring (bicyclic) bond motifs is 5. The Hall–Kier alpha value is -1.72. The number of hydrogen-bond acceptors (Lipinski definition) is 4. The standard InChI is InChI=1S/C21H25N3OS/c1-14-20(26-13-22-14)21(25)24-11-15-6-7-18(24)12-23(10-15)19-8-16-4-2-3-5-17(16)9-19/h2-5,13,15,18-19H,6-12H2,1H3/t15-,18+/m0/s1. The van der Waals surface area contributed by atoms with Crippen LogP contribution in [0.1, 0.15) is 39.3 Å². The highest BCUT2D eigenvalue weighted by molar-refractivity contribution is 7.11. The smallest absolute Gasteiger partial charge is 0.266 e. The van der Waals surface area contributed by atoms with Gasteiger partial charge in [-0.25, -0.2) is 4.98 Å². The Morgan fingerprint density at radius 2 is 1.85 bits per heavy atom. The summed E-state index contributed by atoms with van der Waals surface area (Å²) < 4.78 is 0. The largest absolute Gasteiger partial charge is 0.333 e. The molecule has 26 heavy (non-hydrogen) atoms. The number of benzene rings is 1. The van der Waals surface area contributed by atoms with Gasteiger partial charge >= 0.3 is 0 Å². The summed E-state index contributed by atoms with van der Waals surface area (Å²) in [6, 6.07) is 9.84. The first-order valence-corrected chi connectivity index (χ1v) is 10.6. The lowest BCUT2D eigenvalue weighted by Gasteiger charge is -2.36. The molecule has 0 unspecified atom stereocenters. The Morgan fingerprint density at radius 1 is 1.08 bits per heavy atom. The van der Waals surface area contributed by atoms with Crippen molar-refractivity contribution in [2.75, 3.05) is 19.6 Å². The molecule has 5 heteroatoms. The minimum absolute atomic E-state index is 0.205. The number of carbonyl (C=O) groups excluding carboxylic acids is 1. The van der Waals surface area contributed by atoms with E-state index in [-0.39, 0.29) is 5.91 Å². The molecule has 4 heterocycles. The topological polar surface area (TPSA) is 36.4 Å². The average molecular weight is 368 g/mol. The molecular formula is C21H25N3OS. The van der Waals surface area contributed by atoms with Crippen LogP contribution in [0.5, 0.6) is 0 Å². The zero-order valence-electron chi connectivity index (χ0n) is 15.2. The molecule has 1 aliphatic carbocycles. The van der Waals surface area contributed by atoms with Crippen molar-refractivity contribution in [1.82, 2.24) is 14.8 Å². The lowest BCUT2D eigenvalue weighted by Crippen LogP contribution is -2.48. The van der Waals surface area contributed by atoms with Crippen LogP contribution in [-0.4, -0.2) is 52.4 Å². The van der Waals surface area contributed by atoms with E-state index in [9.17, 15) is 4.79 Å². The van der Waals surface area contributed by atoms with Gasteiger partial charge in [0.15, 0.2) is 0 Å². The molecule has 1 aromatic heterocycles. The minimum atomic E-state index is 0.205. The highest BCUT2D eigenvalue weighted by Crippen LogP contribution is 2.34. The molecule has 3 fully saturated rings. The minimum Gasteiger partial charge on any atom is -0.333 e. The quantitative estimate of drug-likeness (QED) is 0.818. The summed E-state index contributed by atoms with van der Waals surface area (Å²) in [5.74, 6) is 0.811. The van der Waals surface area contributed by atoms with E-state index in [2.05, 4.69) is 39.0 Å². The average Bonchev–Trinajstić information content (AvgIpc) is 3.17. The van der Waals surface area contributed by atoms with Crippen LogP contribution in [0, 0.1) is 12.8 Å². The summed E-state index contributed by atoms with van der Waals surface area (Å²) in [6.07, 6.45) is 4.73. The normalized spacial score (nSPS) is 26.1. The molecular weight excluding hydrogens is 342 g/mol. The first-order chi connectivity index (χ1) is 12.7. The van der Waals surface area contributed by atoms with E-state index in [1.165, 1.54) is 28.9 Å². The Balaban J connectivity index is 1.35. The molecule has 1 amide bonds. The van der Waals surface area contributed by atoms with Gasteiger partial charge in [-0.15, -0.1) is 11.3 Å². The molecule has 136 valence electrons. The fourth-order valence-corrected chi connectivity index (χ4v) is 5.85. The van der Waals surface area contributed by atoms with Gasteiger partial charge in [0, 0.05) is 31.7 Å². The van der Waals surface area contributed by atoms with Gasteiger partial charge in [0.2, 0.25) is 0 Å². The molecule has 3 saturated heterocycles. The van der Waals surface area contributed by atoms with Crippen molar-refractivity contribution in [3.63, 3.8) is 0 Å². The molecule has 0 radical (unpaired) electrons. The number of piperidine rings is 1. The first-order valence-electron chi connectivity index (χ1n) is 9.71. The number of rotatable bonds is 2. The molecule has 6 rings (SSSR count). The number of hydrogen-bond donors (Lipinski definition) is 0. The Morgan fingerprint density at radius 3 is 2.54 bits per heavy atom. The SMILES string of the molecule is Cc1ncsc1C(=O)N1C[C@H]2CC[C@@H]1CN(C1Cc3ccccc3C1)C2. The number of aromatic nitrogens is 1. The predicted molar refractivity (Wildman–Crippen MR) is 104 cm³/mol. The third kappa shape index (κ3) is 2.78. The summed E-state index contributed by atoms with van der Waals surface area (Å²) in [5, 5.41) is 0. The summed E-state index contributed by atoms with van der Waals surface area (Å²) in [7, 11) is 0. The fourth-order valence-electron chi connectivity index (χ4n) is 5.10. The van der Waals surface area contributed by atoms with Crippen LogP contribution >= 0.6 is 11.3 Å². The van der Waals surface area contributed by atoms with E-state index < -0.39 is 0 Å². The fraction of sp³-hybridized carbons (Fsp3) is 0.524. The maximum atomic E-state index is 13.1. The molecule has 4 aliphatic rings. The van der Waals surface area contributed by atoms with Crippen LogP contribution in [-0.2, 0) is 12.8 Å². The number of amides is 1. The van der Waals surface area contributed by atoms with Crippen LogP contribution in [0.4, 0.5) is 0 Å². The Kier molecular flexibility index (Phi) is 4.09. The highest BCUT2D eigenvalue weighted by Gasteiger charge is 2.40. The van der Waals surface area contributed by atoms with Crippen molar-refractivity contribution in [1.29, 1.82) is 0 Å². The second-order valence-corrected chi connectivity index (χ2v) is 8.96. The van der Waals surface area contributed by atoms with E-state index in [1.807, 2.05) is 6.92 Å². The highest BCUT2D eigenvalue weighted by atomic mass is 32.1. The van der Waals surface area contributed by atoms with Gasteiger partial charge in [0.1, 0.15) is 4.88 Å². The maximum absolute atomic E-state index is 13.1. The van der Waals surface area contributed by atoms with Gasteiger partial charge in [-0.2, -0.15) is 0 Å². The summed E-state index contributed by atoms with van der Waals surface area (Å²) in [5.41, 5.74) is 5.70. The van der Waals surface area contributed by atoms with Gasteiger partial charge in [-0.3, -0.25) is 9.69 Å². The lowest BCUT2D eigenvalue weighted by molar-refractivity contribution is 0.0585. The van der Waals surface area contributed by atoms with E-state index in [0.717, 1.165) is 49.5 Å². The second kappa shape index (κ2) is 6.46. The molecule has 3 aliphatic heterocycles. The number of aryl methyl sites for hydroxylation is 1. The molecule has 4 nitrogen and oxygen atoms in total. The summed E-state index contributed by atoms with van der Waals surface area (Å²) >= 11 is 1.49. The Labute approximate surface area is 158 Å². The zero-order chi connectivity index (χ0) is 17.7. The third-order valence-corrected chi connectivity index (χ3v) is 7.40. The van der Waals surface area contributed by atoms with Gasteiger partial charge < -0.3 is 4.90 Å².